The lowest BCUT2D eigenvalue weighted by molar-refractivity contribution is -0.137. The molecule has 0 aliphatic rings. The smallest absolute Gasteiger partial charge is 0.318 e. The first-order valence-corrected chi connectivity index (χ1v) is 6.23. The van der Waals surface area contributed by atoms with Gasteiger partial charge >= 0.3 is 12.3 Å². The standard InChI is InChI=1S/C12H9ClF6N2/c1-5(13)10-20-7-3-2-6(14)8(15)9(7)21(10)4-12(18,19)11(16)17/h2-3,5,11H,4H2,1H3. The number of imidazole rings is 1. The maximum absolute atomic E-state index is 13.8. The van der Waals surface area contributed by atoms with E-state index < -0.39 is 41.4 Å². The molecular weight excluding hydrogens is 322 g/mol. The van der Waals surface area contributed by atoms with Crippen molar-refractivity contribution in [2.75, 3.05) is 0 Å². The molecule has 9 heteroatoms. The summed E-state index contributed by atoms with van der Waals surface area (Å²) in [5, 5.41) is -0.951. The molecule has 0 fully saturated rings. The molecule has 0 saturated carbocycles. The average molecular weight is 331 g/mol. The SMILES string of the molecule is CC(Cl)c1nc2ccc(F)c(F)c2n1CC(F)(F)C(F)F. The fourth-order valence-electron chi connectivity index (χ4n) is 1.92. The first-order valence-electron chi connectivity index (χ1n) is 5.79. The molecule has 2 nitrogen and oxygen atoms in total. The number of halogens is 7. The lowest BCUT2D eigenvalue weighted by atomic mass is 10.2. The second-order valence-corrected chi connectivity index (χ2v) is 5.12. The molecular formula is C12H9ClF6N2. The van der Waals surface area contributed by atoms with Crippen molar-refractivity contribution in [3.05, 3.63) is 29.6 Å². The highest BCUT2D eigenvalue weighted by Crippen LogP contribution is 2.32. The number of alkyl halides is 5. The number of hydrogen-bond donors (Lipinski definition) is 0. The van der Waals surface area contributed by atoms with E-state index in [1.165, 1.54) is 6.92 Å². The summed E-state index contributed by atoms with van der Waals surface area (Å²) in [6.07, 6.45) is -3.95. The predicted octanol–water partition coefficient (Wildman–Crippen LogP) is 4.51. The van der Waals surface area contributed by atoms with Gasteiger partial charge in [0.1, 0.15) is 11.3 Å². The molecule has 21 heavy (non-hydrogen) atoms. The van der Waals surface area contributed by atoms with Crippen molar-refractivity contribution in [2.45, 2.75) is 31.2 Å². The van der Waals surface area contributed by atoms with E-state index in [9.17, 15) is 26.3 Å². The quantitative estimate of drug-likeness (QED) is 0.595. The molecule has 0 spiro atoms. The lowest BCUT2D eigenvalue weighted by Gasteiger charge is -2.18. The summed E-state index contributed by atoms with van der Waals surface area (Å²) >= 11 is 5.75. The molecule has 2 aromatic rings. The highest BCUT2D eigenvalue weighted by molar-refractivity contribution is 6.20. The van der Waals surface area contributed by atoms with Gasteiger partial charge in [0.15, 0.2) is 11.6 Å². The van der Waals surface area contributed by atoms with Crippen molar-refractivity contribution >= 4 is 22.6 Å². The van der Waals surface area contributed by atoms with E-state index >= 15 is 0 Å². The number of aromatic nitrogens is 2. The third-order valence-corrected chi connectivity index (χ3v) is 3.07. The summed E-state index contributed by atoms with van der Waals surface area (Å²) in [5.74, 6) is -7.39. The molecule has 0 N–H and O–H groups in total. The Labute approximate surface area is 120 Å². The fraction of sp³-hybridized carbons (Fsp3) is 0.417. The normalized spacial score (nSPS) is 14.1. The zero-order chi connectivity index (χ0) is 15.9. The lowest BCUT2D eigenvalue weighted by Crippen LogP contribution is -2.33. The van der Waals surface area contributed by atoms with Crippen molar-refractivity contribution in [3.8, 4) is 0 Å². The summed E-state index contributed by atoms with van der Waals surface area (Å²) in [5.41, 5.74) is -0.751. The van der Waals surface area contributed by atoms with Gasteiger partial charge in [-0.15, -0.1) is 11.6 Å². The third-order valence-electron chi connectivity index (χ3n) is 2.87. The Morgan fingerprint density at radius 3 is 2.43 bits per heavy atom. The molecule has 2 rings (SSSR count). The molecule has 1 atom stereocenters. The van der Waals surface area contributed by atoms with Gasteiger partial charge in [-0.25, -0.2) is 22.5 Å². The van der Waals surface area contributed by atoms with E-state index in [0.717, 1.165) is 12.1 Å². The van der Waals surface area contributed by atoms with Crippen LogP contribution in [0.4, 0.5) is 26.3 Å². The van der Waals surface area contributed by atoms with Gasteiger partial charge in [0.05, 0.1) is 17.4 Å². The van der Waals surface area contributed by atoms with E-state index in [1.54, 1.807) is 0 Å². The monoisotopic (exact) mass is 330 g/mol. The van der Waals surface area contributed by atoms with Crippen molar-refractivity contribution in [1.29, 1.82) is 0 Å². The molecule has 116 valence electrons. The molecule has 0 bridgehead atoms. The minimum Gasteiger partial charge on any atom is -0.318 e. The van der Waals surface area contributed by atoms with E-state index in [1.807, 2.05) is 0 Å². The van der Waals surface area contributed by atoms with Gasteiger partial charge in [0.25, 0.3) is 0 Å². The summed E-state index contributed by atoms with van der Waals surface area (Å²) in [4.78, 5) is 3.80. The molecule has 0 aliphatic carbocycles. The molecule has 1 aromatic carbocycles. The minimum atomic E-state index is -4.42. The molecule has 1 heterocycles. The van der Waals surface area contributed by atoms with Crippen LogP contribution in [0, 0.1) is 11.6 Å². The highest BCUT2D eigenvalue weighted by Gasteiger charge is 2.42. The second-order valence-electron chi connectivity index (χ2n) is 4.46. The summed E-state index contributed by atoms with van der Waals surface area (Å²) in [6, 6.07) is 1.83. The number of hydrogen-bond acceptors (Lipinski definition) is 1. The number of nitrogens with zero attached hydrogens (tertiary/aromatic N) is 2. The molecule has 0 saturated heterocycles. The molecule has 0 amide bonds. The van der Waals surface area contributed by atoms with Gasteiger partial charge in [-0.2, -0.15) is 8.78 Å². The first-order chi connectivity index (χ1) is 9.65. The Balaban J connectivity index is 2.69. The fourth-order valence-corrected chi connectivity index (χ4v) is 2.09. The van der Waals surface area contributed by atoms with Gasteiger partial charge < -0.3 is 4.57 Å². The van der Waals surface area contributed by atoms with Crippen molar-refractivity contribution < 1.29 is 26.3 Å². The second kappa shape index (κ2) is 5.40. The zero-order valence-electron chi connectivity index (χ0n) is 10.6. The van der Waals surface area contributed by atoms with E-state index in [4.69, 9.17) is 11.6 Å². The third kappa shape index (κ3) is 2.81. The first kappa shape index (κ1) is 15.9. The highest BCUT2D eigenvalue weighted by atomic mass is 35.5. The Kier molecular flexibility index (Phi) is 4.10. The molecule has 1 aromatic heterocycles. The van der Waals surface area contributed by atoms with E-state index in [2.05, 4.69) is 4.98 Å². The van der Waals surface area contributed by atoms with E-state index in [-0.39, 0.29) is 11.3 Å². The largest absolute Gasteiger partial charge is 0.324 e. The van der Waals surface area contributed by atoms with Crippen LogP contribution in [0.1, 0.15) is 18.1 Å². The summed E-state index contributed by atoms with van der Waals surface area (Å²) in [6.45, 7) is -0.192. The number of rotatable bonds is 4. The summed E-state index contributed by atoms with van der Waals surface area (Å²) in [7, 11) is 0. The van der Waals surface area contributed by atoms with Crippen LogP contribution in [0.25, 0.3) is 11.0 Å². The maximum atomic E-state index is 13.8. The van der Waals surface area contributed by atoms with Crippen LogP contribution in [-0.2, 0) is 6.54 Å². The van der Waals surface area contributed by atoms with Gasteiger partial charge in [0.2, 0.25) is 0 Å². The molecule has 0 aliphatic heterocycles. The molecule has 1 unspecified atom stereocenters. The average Bonchev–Trinajstić information content (AvgIpc) is 2.72. The van der Waals surface area contributed by atoms with Crippen LogP contribution in [0.15, 0.2) is 12.1 Å². The van der Waals surface area contributed by atoms with Crippen molar-refractivity contribution in [3.63, 3.8) is 0 Å². The Hall–Kier alpha value is -1.44. The van der Waals surface area contributed by atoms with E-state index in [0.29, 0.717) is 4.57 Å². The number of fused-ring (bicyclic) bond motifs is 1. The van der Waals surface area contributed by atoms with Gasteiger partial charge in [0, 0.05) is 0 Å². The predicted molar refractivity (Wildman–Crippen MR) is 64.9 cm³/mol. The van der Waals surface area contributed by atoms with Crippen LogP contribution >= 0.6 is 11.6 Å². The Bertz CT molecular complexity index is 667. The van der Waals surface area contributed by atoms with Crippen LogP contribution in [-0.4, -0.2) is 21.9 Å². The Morgan fingerprint density at radius 2 is 1.90 bits per heavy atom. The minimum absolute atomic E-state index is 0.138. The van der Waals surface area contributed by atoms with Crippen LogP contribution in [0.2, 0.25) is 0 Å². The van der Waals surface area contributed by atoms with Crippen molar-refractivity contribution in [1.82, 2.24) is 9.55 Å². The topological polar surface area (TPSA) is 17.8 Å². The molecule has 0 radical (unpaired) electrons. The van der Waals surface area contributed by atoms with Crippen molar-refractivity contribution in [2.24, 2.45) is 0 Å². The Morgan fingerprint density at radius 1 is 1.29 bits per heavy atom. The number of benzene rings is 1. The van der Waals surface area contributed by atoms with Gasteiger partial charge in [-0.3, -0.25) is 0 Å². The van der Waals surface area contributed by atoms with Gasteiger partial charge in [-0.1, -0.05) is 0 Å². The van der Waals surface area contributed by atoms with Crippen LogP contribution in [0.5, 0.6) is 0 Å². The van der Waals surface area contributed by atoms with Gasteiger partial charge in [-0.05, 0) is 19.1 Å². The van der Waals surface area contributed by atoms with Crippen LogP contribution < -0.4 is 0 Å². The maximum Gasteiger partial charge on any atom is 0.324 e. The van der Waals surface area contributed by atoms with Crippen LogP contribution in [0.3, 0.4) is 0 Å². The summed E-state index contributed by atoms with van der Waals surface area (Å²) < 4.78 is 78.7. The zero-order valence-corrected chi connectivity index (χ0v) is 11.3.